The SMILES string of the molecule is Cc1cc(Cl)ccc1Oc1cnccc1C(=N)N. The summed E-state index contributed by atoms with van der Waals surface area (Å²) in [5.74, 6) is 1.06. The van der Waals surface area contributed by atoms with Crippen LogP contribution in [0.4, 0.5) is 0 Å². The predicted molar refractivity (Wildman–Crippen MR) is 71.5 cm³/mol. The van der Waals surface area contributed by atoms with Gasteiger partial charge < -0.3 is 10.5 Å². The van der Waals surface area contributed by atoms with Crippen LogP contribution in [0.25, 0.3) is 0 Å². The van der Waals surface area contributed by atoms with E-state index in [9.17, 15) is 0 Å². The summed E-state index contributed by atoms with van der Waals surface area (Å²) < 4.78 is 5.71. The van der Waals surface area contributed by atoms with Gasteiger partial charge in [-0.3, -0.25) is 10.4 Å². The molecule has 0 unspecified atom stereocenters. The summed E-state index contributed by atoms with van der Waals surface area (Å²) in [6.45, 7) is 1.89. The van der Waals surface area contributed by atoms with Crippen molar-refractivity contribution in [3.8, 4) is 11.5 Å². The number of benzene rings is 1. The molecule has 92 valence electrons. The maximum Gasteiger partial charge on any atom is 0.156 e. The third-order valence-corrected chi connectivity index (χ3v) is 2.67. The number of pyridine rings is 1. The van der Waals surface area contributed by atoms with Crippen LogP contribution < -0.4 is 10.5 Å². The quantitative estimate of drug-likeness (QED) is 0.659. The van der Waals surface area contributed by atoms with Gasteiger partial charge in [-0.15, -0.1) is 0 Å². The van der Waals surface area contributed by atoms with Gasteiger partial charge in [0.25, 0.3) is 0 Å². The van der Waals surface area contributed by atoms with Crippen molar-refractivity contribution in [1.82, 2.24) is 4.98 Å². The standard InChI is InChI=1S/C13H12ClN3O/c1-8-6-9(14)2-3-11(8)18-12-7-17-5-4-10(12)13(15)16/h2-7H,1H3,(H3,15,16). The van der Waals surface area contributed by atoms with E-state index < -0.39 is 0 Å². The molecule has 1 aromatic carbocycles. The summed E-state index contributed by atoms with van der Waals surface area (Å²) in [7, 11) is 0. The molecule has 0 aliphatic rings. The molecule has 18 heavy (non-hydrogen) atoms. The molecule has 3 N–H and O–H groups in total. The smallest absolute Gasteiger partial charge is 0.156 e. The topological polar surface area (TPSA) is 72.0 Å². The second-order valence-corrected chi connectivity index (χ2v) is 4.23. The third-order valence-electron chi connectivity index (χ3n) is 2.43. The highest BCUT2D eigenvalue weighted by Gasteiger charge is 2.09. The average Bonchev–Trinajstić information content (AvgIpc) is 2.33. The van der Waals surface area contributed by atoms with Crippen LogP contribution in [0.3, 0.4) is 0 Å². The van der Waals surface area contributed by atoms with Gasteiger partial charge in [0.1, 0.15) is 11.6 Å². The first-order valence-corrected chi connectivity index (χ1v) is 5.68. The number of nitrogen functional groups attached to an aromatic ring is 1. The second-order valence-electron chi connectivity index (χ2n) is 3.80. The zero-order valence-electron chi connectivity index (χ0n) is 9.77. The molecule has 0 radical (unpaired) electrons. The van der Waals surface area contributed by atoms with Crippen molar-refractivity contribution in [2.75, 3.05) is 0 Å². The molecule has 0 bridgehead atoms. The lowest BCUT2D eigenvalue weighted by molar-refractivity contribution is 0.475. The predicted octanol–water partition coefficient (Wildman–Crippen LogP) is 3.12. The summed E-state index contributed by atoms with van der Waals surface area (Å²) in [5, 5.41) is 8.13. The average molecular weight is 262 g/mol. The Kier molecular flexibility index (Phi) is 3.48. The lowest BCUT2D eigenvalue weighted by Gasteiger charge is -2.11. The Morgan fingerprint density at radius 2 is 2.11 bits per heavy atom. The minimum atomic E-state index is -0.0565. The first-order valence-electron chi connectivity index (χ1n) is 5.30. The van der Waals surface area contributed by atoms with Crippen molar-refractivity contribution in [2.24, 2.45) is 5.73 Å². The van der Waals surface area contributed by atoms with Crippen LogP contribution in [0.2, 0.25) is 5.02 Å². The minimum absolute atomic E-state index is 0.0565. The molecule has 0 atom stereocenters. The maximum atomic E-state index is 7.48. The Balaban J connectivity index is 2.37. The van der Waals surface area contributed by atoms with E-state index in [1.165, 1.54) is 6.20 Å². The number of aryl methyl sites for hydroxylation is 1. The zero-order valence-corrected chi connectivity index (χ0v) is 10.5. The van der Waals surface area contributed by atoms with Gasteiger partial charge in [0.15, 0.2) is 5.75 Å². The number of rotatable bonds is 3. The van der Waals surface area contributed by atoms with Crippen molar-refractivity contribution in [3.05, 3.63) is 52.8 Å². The van der Waals surface area contributed by atoms with Crippen LogP contribution in [0.1, 0.15) is 11.1 Å². The molecule has 0 aliphatic heterocycles. The Hall–Kier alpha value is -2.07. The van der Waals surface area contributed by atoms with E-state index >= 15 is 0 Å². The lowest BCUT2D eigenvalue weighted by Crippen LogP contribution is -2.12. The van der Waals surface area contributed by atoms with Gasteiger partial charge in [0.2, 0.25) is 0 Å². The normalized spacial score (nSPS) is 10.1. The van der Waals surface area contributed by atoms with Crippen molar-refractivity contribution in [3.63, 3.8) is 0 Å². The fourth-order valence-electron chi connectivity index (χ4n) is 1.53. The number of nitrogens with one attached hydrogen (secondary N) is 1. The van der Waals surface area contributed by atoms with Gasteiger partial charge in [-0.25, -0.2) is 0 Å². The molecule has 4 nitrogen and oxygen atoms in total. The highest BCUT2D eigenvalue weighted by atomic mass is 35.5. The zero-order chi connectivity index (χ0) is 13.1. The summed E-state index contributed by atoms with van der Waals surface area (Å²) in [5.41, 5.74) is 6.90. The molecule has 5 heteroatoms. The third kappa shape index (κ3) is 2.60. The van der Waals surface area contributed by atoms with E-state index in [2.05, 4.69) is 4.98 Å². The van der Waals surface area contributed by atoms with E-state index in [-0.39, 0.29) is 5.84 Å². The molecule has 0 aliphatic carbocycles. The van der Waals surface area contributed by atoms with Gasteiger partial charge >= 0.3 is 0 Å². The largest absolute Gasteiger partial charge is 0.455 e. The molecular weight excluding hydrogens is 250 g/mol. The number of hydrogen-bond donors (Lipinski definition) is 2. The van der Waals surface area contributed by atoms with E-state index in [4.69, 9.17) is 27.5 Å². The number of amidine groups is 1. The Morgan fingerprint density at radius 1 is 1.33 bits per heavy atom. The molecule has 0 fully saturated rings. The summed E-state index contributed by atoms with van der Waals surface area (Å²) >= 11 is 5.88. The molecule has 1 heterocycles. The fourth-order valence-corrected chi connectivity index (χ4v) is 1.76. The van der Waals surface area contributed by atoms with Crippen LogP contribution in [-0.2, 0) is 0 Å². The highest BCUT2D eigenvalue weighted by molar-refractivity contribution is 6.30. The van der Waals surface area contributed by atoms with Crippen LogP contribution in [0.5, 0.6) is 11.5 Å². The number of halogens is 1. The lowest BCUT2D eigenvalue weighted by atomic mass is 10.2. The number of aromatic nitrogens is 1. The minimum Gasteiger partial charge on any atom is -0.455 e. The van der Waals surface area contributed by atoms with Crippen molar-refractivity contribution in [2.45, 2.75) is 6.92 Å². The van der Waals surface area contributed by atoms with Gasteiger partial charge in [0, 0.05) is 11.2 Å². The van der Waals surface area contributed by atoms with Gasteiger partial charge in [-0.1, -0.05) is 11.6 Å². The molecule has 0 amide bonds. The number of nitrogens with two attached hydrogens (primary N) is 1. The summed E-state index contributed by atoms with van der Waals surface area (Å²) in [6, 6.07) is 6.96. The first kappa shape index (κ1) is 12.4. The maximum absolute atomic E-state index is 7.48. The fraction of sp³-hybridized carbons (Fsp3) is 0.0769. The Bertz CT molecular complexity index is 599. The number of nitrogens with zero attached hydrogens (tertiary/aromatic N) is 1. The van der Waals surface area contributed by atoms with Crippen LogP contribution in [0.15, 0.2) is 36.7 Å². The second kappa shape index (κ2) is 5.06. The Morgan fingerprint density at radius 3 is 2.78 bits per heavy atom. The van der Waals surface area contributed by atoms with Gasteiger partial charge in [-0.05, 0) is 36.8 Å². The van der Waals surface area contributed by atoms with E-state index in [0.717, 1.165) is 5.56 Å². The first-order chi connectivity index (χ1) is 8.58. The highest BCUT2D eigenvalue weighted by Crippen LogP contribution is 2.28. The van der Waals surface area contributed by atoms with Crippen molar-refractivity contribution in [1.29, 1.82) is 5.41 Å². The molecular formula is C13H12ClN3O. The molecule has 2 aromatic rings. The Labute approximate surface area is 110 Å². The molecule has 2 rings (SSSR count). The molecule has 0 saturated heterocycles. The van der Waals surface area contributed by atoms with E-state index in [1.54, 1.807) is 30.5 Å². The summed E-state index contributed by atoms with van der Waals surface area (Å²) in [4.78, 5) is 3.97. The molecule has 0 spiro atoms. The van der Waals surface area contributed by atoms with Crippen LogP contribution >= 0.6 is 11.6 Å². The van der Waals surface area contributed by atoms with E-state index in [1.807, 2.05) is 6.92 Å². The van der Waals surface area contributed by atoms with E-state index in [0.29, 0.717) is 22.1 Å². The van der Waals surface area contributed by atoms with Gasteiger partial charge in [0.05, 0.1) is 11.8 Å². The van der Waals surface area contributed by atoms with Crippen LogP contribution in [-0.4, -0.2) is 10.8 Å². The van der Waals surface area contributed by atoms with Crippen molar-refractivity contribution >= 4 is 17.4 Å². The van der Waals surface area contributed by atoms with Crippen molar-refractivity contribution < 1.29 is 4.74 Å². The number of hydrogen-bond acceptors (Lipinski definition) is 3. The van der Waals surface area contributed by atoms with Crippen LogP contribution in [0, 0.1) is 12.3 Å². The molecule has 1 aromatic heterocycles. The molecule has 0 saturated carbocycles. The van der Waals surface area contributed by atoms with Gasteiger partial charge in [-0.2, -0.15) is 0 Å². The monoisotopic (exact) mass is 261 g/mol. The summed E-state index contributed by atoms with van der Waals surface area (Å²) in [6.07, 6.45) is 3.10. The number of ether oxygens (including phenoxy) is 1.